The van der Waals surface area contributed by atoms with Gasteiger partial charge in [0.1, 0.15) is 0 Å². The molecule has 10 heavy (non-hydrogen) atoms. The number of hydrogen-bond donors (Lipinski definition) is 1. The normalized spacial score (nSPS) is 9.90. The molecule has 54 valence electrons. The molecule has 5 heteroatoms. The summed E-state index contributed by atoms with van der Waals surface area (Å²) in [5.74, 6) is 0. The molecule has 0 aromatic carbocycles. The summed E-state index contributed by atoms with van der Waals surface area (Å²) in [7, 11) is 2.37. The van der Waals surface area contributed by atoms with Crippen LogP contribution < -0.4 is 5.46 Å². The van der Waals surface area contributed by atoms with Gasteiger partial charge in [-0.05, 0) is 0 Å². The average molecular weight is 140 g/mol. The average Bonchev–Trinajstić information content (AvgIpc) is 2.34. The van der Waals surface area contributed by atoms with Gasteiger partial charge in [0, 0.05) is 32.0 Å². The lowest BCUT2D eigenvalue weighted by Gasteiger charge is -1.96. The monoisotopic (exact) mass is 140 g/mol. The van der Waals surface area contributed by atoms with Crippen molar-refractivity contribution in [3.05, 3.63) is 12.4 Å². The summed E-state index contributed by atoms with van der Waals surface area (Å²) in [4.78, 5) is 0. The Balaban J connectivity index is 2.74. The van der Waals surface area contributed by atoms with Crippen LogP contribution in [0.15, 0.2) is 12.4 Å². The van der Waals surface area contributed by atoms with Crippen LogP contribution in [0, 0.1) is 0 Å². The fraction of sp³-hybridized carbons (Fsp3) is 0.400. The quantitative estimate of drug-likeness (QED) is 0.522. The highest BCUT2D eigenvalue weighted by molar-refractivity contribution is 6.59. The second-order valence-electron chi connectivity index (χ2n) is 2.04. The smallest absolute Gasteiger partial charge is 0.423 e. The van der Waals surface area contributed by atoms with Gasteiger partial charge in [0.25, 0.3) is 0 Å². The summed E-state index contributed by atoms with van der Waals surface area (Å²) in [6.45, 7) is 0. The maximum Gasteiger partial charge on any atom is 0.494 e. The Hall–Kier alpha value is -0.805. The van der Waals surface area contributed by atoms with Gasteiger partial charge in [0.15, 0.2) is 0 Å². The number of aromatic nitrogens is 2. The van der Waals surface area contributed by atoms with Crippen LogP contribution in [-0.2, 0) is 11.7 Å². The number of aryl methyl sites for hydroxylation is 1. The van der Waals surface area contributed by atoms with E-state index in [2.05, 4.69) is 9.75 Å². The van der Waals surface area contributed by atoms with Crippen molar-refractivity contribution in [2.24, 2.45) is 7.05 Å². The lowest BCUT2D eigenvalue weighted by molar-refractivity contribution is 0.341. The molecule has 0 aliphatic rings. The standard InChI is InChI=1S/C5H9BN2O2/c1-8-4-5(3-7-8)6(9)10-2/h3-4,9H,1-2H3. The lowest BCUT2D eigenvalue weighted by Crippen LogP contribution is -2.31. The summed E-state index contributed by atoms with van der Waals surface area (Å²) in [6.07, 6.45) is 3.27. The van der Waals surface area contributed by atoms with E-state index in [0.29, 0.717) is 5.46 Å². The van der Waals surface area contributed by atoms with Crippen molar-refractivity contribution in [2.75, 3.05) is 7.11 Å². The van der Waals surface area contributed by atoms with Gasteiger partial charge in [-0.1, -0.05) is 0 Å². The Labute approximate surface area is 59.6 Å². The van der Waals surface area contributed by atoms with E-state index in [1.807, 2.05) is 0 Å². The molecule has 0 saturated heterocycles. The van der Waals surface area contributed by atoms with Crippen LogP contribution in [0.2, 0.25) is 0 Å². The number of rotatable bonds is 2. The van der Waals surface area contributed by atoms with E-state index in [-0.39, 0.29) is 0 Å². The van der Waals surface area contributed by atoms with Gasteiger partial charge in [-0.25, -0.2) is 0 Å². The van der Waals surface area contributed by atoms with Gasteiger partial charge >= 0.3 is 7.12 Å². The van der Waals surface area contributed by atoms with E-state index < -0.39 is 7.12 Å². The Morgan fingerprint density at radius 2 is 2.50 bits per heavy atom. The minimum absolute atomic E-state index is 0.671. The van der Waals surface area contributed by atoms with Crippen LogP contribution >= 0.6 is 0 Å². The molecule has 1 aromatic heterocycles. The predicted molar refractivity (Wildman–Crippen MR) is 37.8 cm³/mol. The van der Waals surface area contributed by atoms with Crippen LogP contribution in [0.3, 0.4) is 0 Å². The second kappa shape index (κ2) is 2.85. The molecule has 0 spiro atoms. The molecule has 0 atom stereocenters. The first-order valence-electron chi connectivity index (χ1n) is 2.93. The van der Waals surface area contributed by atoms with Crippen molar-refractivity contribution in [1.29, 1.82) is 0 Å². The molecule has 0 fully saturated rings. The Kier molecular flexibility index (Phi) is 2.08. The molecule has 0 radical (unpaired) electrons. The molecule has 0 aliphatic heterocycles. The topological polar surface area (TPSA) is 47.3 Å². The molecule has 0 amide bonds. The fourth-order valence-corrected chi connectivity index (χ4v) is 0.704. The van der Waals surface area contributed by atoms with Crippen LogP contribution in [0.4, 0.5) is 0 Å². The van der Waals surface area contributed by atoms with E-state index >= 15 is 0 Å². The summed E-state index contributed by atoms with van der Waals surface area (Å²) in [5, 5.41) is 12.9. The number of nitrogens with zero attached hydrogens (tertiary/aromatic N) is 2. The van der Waals surface area contributed by atoms with Crippen molar-refractivity contribution in [1.82, 2.24) is 9.78 Å². The van der Waals surface area contributed by atoms with E-state index in [9.17, 15) is 0 Å². The maximum atomic E-state index is 9.07. The van der Waals surface area contributed by atoms with Gasteiger partial charge in [0.05, 0.1) is 0 Å². The van der Waals surface area contributed by atoms with Gasteiger partial charge in [0.2, 0.25) is 0 Å². The van der Waals surface area contributed by atoms with Gasteiger partial charge < -0.3 is 9.68 Å². The van der Waals surface area contributed by atoms with E-state index in [0.717, 1.165) is 0 Å². The highest BCUT2D eigenvalue weighted by Crippen LogP contribution is 1.81. The first-order chi connectivity index (χ1) is 4.74. The molecule has 1 aromatic rings. The molecule has 1 rings (SSSR count). The highest BCUT2D eigenvalue weighted by Gasteiger charge is 2.15. The Morgan fingerprint density at radius 1 is 1.80 bits per heavy atom. The van der Waals surface area contributed by atoms with Crippen LogP contribution in [0.5, 0.6) is 0 Å². The minimum atomic E-state index is -0.853. The molecule has 0 aliphatic carbocycles. The van der Waals surface area contributed by atoms with Crippen molar-refractivity contribution < 1.29 is 9.68 Å². The van der Waals surface area contributed by atoms with Crippen molar-refractivity contribution in [3.8, 4) is 0 Å². The van der Waals surface area contributed by atoms with Gasteiger partial charge in [-0.3, -0.25) is 4.68 Å². The molecule has 0 saturated carbocycles. The molecule has 4 nitrogen and oxygen atoms in total. The van der Waals surface area contributed by atoms with Crippen molar-refractivity contribution in [3.63, 3.8) is 0 Å². The lowest BCUT2D eigenvalue weighted by atomic mass is 9.82. The zero-order chi connectivity index (χ0) is 7.56. The second-order valence-corrected chi connectivity index (χ2v) is 2.04. The molecular weight excluding hydrogens is 131 g/mol. The minimum Gasteiger partial charge on any atom is -0.423 e. The summed E-state index contributed by atoms with van der Waals surface area (Å²) in [6, 6.07) is 0. The zero-order valence-corrected chi connectivity index (χ0v) is 5.98. The molecule has 1 N–H and O–H groups in total. The van der Waals surface area contributed by atoms with Crippen molar-refractivity contribution in [2.45, 2.75) is 0 Å². The van der Waals surface area contributed by atoms with E-state index in [4.69, 9.17) is 5.02 Å². The fourth-order valence-electron chi connectivity index (χ4n) is 0.704. The Bertz CT molecular complexity index is 213. The molecule has 0 unspecified atom stereocenters. The predicted octanol–water partition coefficient (Wildman–Crippen LogP) is -1.25. The van der Waals surface area contributed by atoms with Crippen LogP contribution in [-0.4, -0.2) is 29.0 Å². The van der Waals surface area contributed by atoms with Crippen LogP contribution in [0.1, 0.15) is 0 Å². The van der Waals surface area contributed by atoms with E-state index in [1.165, 1.54) is 7.11 Å². The number of hydrogen-bond acceptors (Lipinski definition) is 3. The molecular formula is C5H9BN2O2. The van der Waals surface area contributed by atoms with Crippen LogP contribution in [0.25, 0.3) is 0 Å². The van der Waals surface area contributed by atoms with Crippen molar-refractivity contribution >= 4 is 12.6 Å². The SMILES string of the molecule is COB(O)c1cnn(C)c1. The zero-order valence-electron chi connectivity index (χ0n) is 5.98. The first kappa shape index (κ1) is 7.30. The Morgan fingerprint density at radius 3 is 2.90 bits per heavy atom. The largest absolute Gasteiger partial charge is 0.494 e. The molecule has 0 bridgehead atoms. The van der Waals surface area contributed by atoms with Gasteiger partial charge in [-0.2, -0.15) is 5.10 Å². The third kappa shape index (κ3) is 1.37. The summed E-state index contributed by atoms with van der Waals surface area (Å²) < 4.78 is 6.26. The third-order valence-electron chi connectivity index (χ3n) is 1.23. The summed E-state index contributed by atoms with van der Waals surface area (Å²) >= 11 is 0. The van der Waals surface area contributed by atoms with Gasteiger partial charge in [-0.15, -0.1) is 0 Å². The maximum absolute atomic E-state index is 9.07. The third-order valence-corrected chi connectivity index (χ3v) is 1.23. The molecule has 1 heterocycles. The highest BCUT2D eigenvalue weighted by atomic mass is 16.5. The summed E-state index contributed by atoms with van der Waals surface area (Å²) in [5.41, 5.74) is 0.671. The first-order valence-corrected chi connectivity index (χ1v) is 2.93. The van der Waals surface area contributed by atoms with E-state index in [1.54, 1.807) is 24.1 Å².